The van der Waals surface area contributed by atoms with E-state index >= 15 is 0 Å². The number of amides is 2. The lowest BCUT2D eigenvalue weighted by atomic mass is 10.2. The monoisotopic (exact) mass is 420 g/mol. The molecule has 1 saturated heterocycles. The highest BCUT2D eigenvalue weighted by Gasteiger charge is 2.21. The van der Waals surface area contributed by atoms with E-state index in [4.69, 9.17) is 4.74 Å². The summed E-state index contributed by atoms with van der Waals surface area (Å²) in [6.07, 6.45) is 2.27. The third-order valence-corrected chi connectivity index (χ3v) is 5.65. The van der Waals surface area contributed by atoms with Crippen molar-refractivity contribution in [1.29, 1.82) is 0 Å². The van der Waals surface area contributed by atoms with Gasteiger partial charge in [-0.2, -0.15) is 0 Å². The van der Waals surface area contributed by atoms with E-state index in [0.717, 1.165) is 48.3 Å². The fraction of sp³-hybridized carbons (Fsp3) is 0.333. The van der Waals surface area contributed by atoms with Crippen LogP contribution in [0.2, 0.25) is 0 Å². The Labute approximate surface area is 172 Å². The molecule has 0 aromatic heterocycles. The van der Waals surface area contributed by atoms with Crippen LogP contribution in [0.4, 0.5) is 14.5 Å². The van der Waals surface area contributed by atoms with Crippen molar-refractivity contribution in [3.05, 3.63) is 59.7 Å². The van der Waals surface area contributed by atoms with Crippen LogP contribution in [0.3, 0.4) is 0 Å². The van der Waals surface area contributed by atoms with Crippen LogP contribution < -0.4 is 5.32 Å². The van der Waals surface area contributed by atoms with Gasteiger partial charge in [-0.3, -0.25) is 9.59 Å². The number of carbonyl (C=O) groups is 2. The van der Waals surface area contributed by atoms with Crippen molar-refractivity contribution in [2.24, 2.45) is 0 Å². The van der Waals surface area contributed by atoms with E-state index in [0.29, 0.717) is 5.56 Å². The maximum absolute atomic E-state index is 13.3. The molecular weight excluding hydrogens is 398 g/mol. The van der Waals surface area contributed by atoms with Crippen molar-refractivity contribution in [3.63, 3.8) is 0 Å². The van der Waals surface area contributed by atoms with Crippen LogP contribution in [0.1, 0.15) is 23.2 Å². The van der Waals surface area contributed by atoms with E-state index in [-0.39, 0.29) is 24.2 Å². The van der Waals surface area contributed by atoms with Gasteiger partial charge in [0.05, 0.1) is 18.2 Å². The molecule has 1 aliphatic rings. The highest BCUT2D eigenvalue weighted by molar-refractivity contribution is 7.99. The maximum Gasteiger partial charge on any atom is 0.255 e. The summed E-state index contributed by atoms with van der Waals surface area (Å²) in [6.45, 7) is 0.528. The summed E-state index contributed by atoms with van der Waals surface area (Å²) in [7, 11) is 1.51. The largest absolute Gasteiger partial charge is 0.377 e. The molecule has 1 unspecified atom stereocenters. The first kappa shape index (κ1) is 21.3. The Morgan fingerprint density at radius 1 is 1.21 bits per heavy atom. The molecule has 0 aliphatic carbocycles. The van der Waals surface area contributed by atoms with Gasteiger partial charge in [-0.05, 0) is 37.1 Å². The summed E-state index contributed by atoms with van der Waals surface area (Å²) in [4.78, 5) is 27.1. The van der Waals surface area contributed by atoms with E-state index in [1.165, 1.54) is 11.9 Å². The number of benzene rings is 2. The van der Waals surface area contributed by atoms with Crippen LogP contribution in [0, 0.1) is 11.6 Å². The quantitative estimate of drug-likeness (QED) is 0.690. The second kappa shape index (κ2) is 9.84. The molecule has 1 atom stereocenters. The van der Waals surface area contributed by atoms with Crippen molar-refractivity contribution in [1.82, 2.24) is 4.90 Å². The van der Waals surface area contributed by atoms with Crippen molar-refractivity contribution >= 4 is 29.3 Å². The second-order valence-electron chi connectivity index (χ2n) is 6.81. The maximum atomic E-state index is 13.3. The molecule has 2 aromatic carbocycles. The van der Waals surface area contributed by atoms with Crippen LogP contribution in [-0.2, 0) is 9.53 Å². The smallest absolute Gasteiger partial charge is 0.255 e. The van der Waals surface area contributed by atoms with Gasteiger partial charge in [0.2, 0.25) is 5.91 Å². The molecule has 0 spiro atoms. The van der Waals surface area contributed by atoms with E-state index in [9.17, 15) is 18.4 Å². The number of nitrogens with zero attached hydrogens (tertiary/aromatic N) is 1. The van der Waals surface area contributed by atoms with Gasteiger partial charge in [-0.15, -0.1) is 11.8 Å². The average Bonchev–Trinajstić information content (AvgIpc) is 3.18. The van der Waals surface area contributed by atoms with Gasteiger partial charge in [0.1, 0.15) is 11.6 Å². The SMILES string of the molecule is CN(CC(=O)Nc1cc(F)cc(F)c1)C(=O)c1ccccc1SCC1CCCO1. The molecule has 1 fully saturated rings. The number of hydrogen-bond acceptors (Lipinski definition) is 4. The van der Waals surface area contributed by atoms with Crippen LogP contribution in [0.25, 0.3) is 0 Å². The molecule has 2 aromatic rings. The Balaban J connectivity index is 1.61. The van der Waals surface area contributed by atoms with Crippen molar-refractivity contribution in [3.8, 4) is 0 Å². The van der Waals surface area contributed by atoms with Gasteiger partial charge >= 0.3 is 0 Å². The third-order valence-electron chi connectivity index (χ3n) is 4.44. The predicted molar refractivity (Wildman–Crippen MR) is 108 cm³/mol. The molecular formula is C21H22F2N2O3S. The molecule has 1 N–H and O–H groups in total. The molecule has 8 heteroatoms. The molecule has 29 heavy (non-hydrogen) atoms. The van der Waals surface area contributed by atoms with Crippen molar-refractivity contribution < 1.29 is 23.1 Å². The Bertz CT molecular complexity index is 868. The number of ether oxygens (including phenoxy) is 1. The van der Waals surface area contributed by atoms with Gasteiger partial charge in [0.25, 0.3) is 5.91 Å². The third kappa shape index (κ3) is 6.01. The Kier molecular flexibility index (Phi) is 7.22. The van der Waals surface area contributed by atoms with Gasteiger partial charge < -0.3 is 15.0 Å². The van der Waals surface area contributed by atoms with Crippen LogP contribution in [-0.4, -0.2) is 48.8 Å². The molecule has 0 saturated carbocycles. The standard InChI is InChI=1S/C21H22F2N2O3S/c1-25(12-20(26)24-16-10-14(22)9-15(23)11-16)21(27)18-6-2-3-7-19(18)29-13-17-5-4-8-28-17/h2-3,6-7,9-11,17H,4-5,8,12-13H2,1H3,(H,24,26). The molecule has 2 amide bonds. The lowest BCUT2D eigenvalue weighted by molar-refractivity contribution is -0.116. The summed E-state index contributed by atoms with van der Waals surface area (Å²) in [5.41, 5.74) is 0.503. The molecule has 0 radical (unpaired) electrons. The number of anilines is 1. The fourth-order valence-corrected chi connectivity index (χ4v) is 4.16. The van der Waals surface area contributed by atoms with Gasteiger partial charge in [-0.25, -0.2) is 8.78 Å². The van der Waals surface area contributed by atoms with Gasteiger partial charge in [0, 0.05) is 36.1 Å². The minimum atomic E-state index is -0.790. The molecule has 0 bridgehead atoms. The van der Waals surface area contributed by atoms with Crippen molar-refractivity contribution in [2.75, 3.05) is 31.3 Å². The van der Waals surface area contributed by atoms with Crippen molar-refractivity contribution in [2.45, 2.75) is 23.8 Å². The summed E-state index contributed by atoms with van der Waals surface area (Å²) in [5.74, 6) is -1.67. The number of carbonyl (C=O) groups excluding carboxylic acids is 2. The predicted octanol–water partition coefficient (Wildman–Crippen LogP) is 3.95. The Hall–Kier alpha value is -2.45. The zero-order chi connectivity index (χ0) is 20.8. The summed E-state index contributed by atoms with van der Waals surface area (Å²) in [6, 6.07) is 9.97. The minimum absolute atomic E-state index is 0.000804. The van der Waals surface area contributed by atoms with Gasteiger partial charge in [0.15, 0.2) is 0 Å². The molecule has 154 valence electrons. The van der Waals surface area contributed by atoms with E-state index in [2.05, 4.69) is 5.32 Å². The fourth-order valence-electron chi connectivity index (χ4n) is 3.05. The zero-order valence-corrected chi connectivity index (χ0v) is 16.8. The van der Waals surface area contributed by atoms with E-state index in [1.807, 2.05) is 12.1 Å². The van der Waals surface area contributed by atoms with E-state index in [1.54, 1.807) is 23.9 Å². The van der Waals surface area contributed by atoms with Gasteiger partial charge in [-0.1, -0.05) is 12.1 Å². The molecule has 5 nitrogen and oxygen atoms in total. The van der Waals surface area contributed by atoms with Crippen LogP contribution in [0.5, 0.6) is 0 Å². The summed E-state index contributed by atoms with van der Waals surface area (Å²) >= 11 is 1.56. The highest BCUT2D eigenvalue weighted by Crippen LogP contribution is 2.27. The number of nitrogens with one attached hydrogen (secondary N) is 1. The first-order chi connectivity index (χ1) is 13.9. The zero-order valence-electron chi connectivity index (χ0n) is 16.0. The topological polar surface area (TPSA) is 58.6 Å². The molecule has 1 heterocycles. The lowest BCUT2D eigenvalue weighted by Crippen LogP contribution is -2.35. The number of rotatable bonds is 7. The Morgan fingerprint density at radius 2 is 1.93 bits per heavy atom. The average molecular weight is 420 g/mol. The molecule has 3 rings (SSSR count). The minimum Gasteiger partial charge on any atom is -0.377 e. The first-order valence-corrected chi connectivity index (χ1v) is 10.3. The lowest BCUT2D eigenvalue weighted by Gasteiger charge is -2.19. The summed E-state index contributed by atoms with van der Waals surface area (Å²) in [5, 5.41) is 2.40. The normalized spacial score (nSPS) is 15.9. The van der Waals surface area contributed by atoms with Crippen LogP contribution in [0.15, 0.2) is 47.4 Å². The number of halogens is 2. The van der Waals surface area contributed by atoms with E-state index < -0.39 is 17.5 Å². The number of thioether (sulfide) groups is 1. The van der Waals surface area contributed by atoms with Crippen LogP contribution >= 0.6 is 11.8 Å². The summed E-state index contributed by atoms with van der Waals surface area (Å²) < 4.78 is 32.1. The highest BCUT2D eigenvalue weighted by atomic mass is 32.2. The molecule has 1 aliphatic heterocycles. The Morgan fingerprint density at radius 3 is 2.62 bits per heavy atom. The number of likely N-dealkylation sites (N-methyl/N-ethyl adjacent to an activating group) is 1. The first-order valence-electron chi connectivity index (χ1n) is 9.27. The second-order valence-corrected chi connectivity index (χ2v) is 7.87. The number of hydrogen-bond donors (Lipinski definition) is 1.